The van der Waals surface area contributed by atoms with Crippen molar-refractivity contribution in [3.63, 3.8) is 0 Å². The Kier molecular flexibility index (Phi) is 5.22. The molecule has 0 bridgehead atoms. The number of guanidine groups is 1. The molecular weight excluding hydrogens is 303 g/mol. The van der Waals surface area contributed by atoms with Gasteiger partial charge in [-0.2, -0.15) is 13.2 Å². The number of halogens is 3. The number of nitrogens with two attached hydrogens (primary N) is 1. The number of nitrogens with one attached hydrogen (secondary N) is 1. The molecule has 0 fully saturated rings. The fourth-order valence-electron chi connectivity index (χ4n) is 2.04. The first kappa shape index (κ1) is 15.8. The van der Waals surface area contributed by atoms with Gasteiger partial charge in [-0.05, 0) is 17.8 Å². The van der Waals surface area contributed by atoms with E-state index in [2.05, 4.69) is 10.3 Å². The zero-order valence-electron chi connectivity index (χ0n) is 11.2. The maximum atomic E-state index is 12.0. The van der Waals surface area contributed by atoms with Crippen molar-refractivity contribution < 1.29 is 17.9 Å². The third-order valence-electron chi connectivity index (χ3n) is 2.92. The van der Waals surface area contributed by atoms with Gasteiger partial charge >= 0.3 is 5.51 Å². The summed E-state index contributed by atoms with van der Waals surface area (Å²) < 4.78 is 41.4. The van der Waals surface area contributed by atoms with E-state index in [0.717, 1.165) is 17.7 Å². The maximum Gasteiger partial charge on any atom is 0.441 e. The third-order valence-corrected chi connectivity index (χ3v) is 3.63. The van der Waals surface area contributed by atoms with E-state index in [1.54, 1.807) is 0 Å². The van der Waals surface area contributed by atoms with Gasteiger partial charge in [-0.1, -0.05) is 18.2 Å². The number of rotatable bonds is 4. The molecule has 4 nitrogen and oxygen atoms in total. The average Bonchev–Trinajstić information content (AvgIpc) is 2.43. The molecule has 0 aromatic heterocycles. The fourth-order valence-corrected chi connectivity index (χ4v) is 2.46. The molecular formula is C13H16F3N3OS. The number of aliphatic imine (C=N–C) groups is 1. The summed E-state index contributed by atoms with van der Waals surface area (Å²) in [7, 11) is 0. The first-order valence-electron chi connectivity index (χ1n) is 6.44. The predicted molar refractivity (Wildman–Crippen MR) is 77.4 cm³/mol. The Morgan fingerprint density at radius 3 is 2.95 bits per heavy atom. The van der Waals surface area contributed by atoms with Crippen molar-refractivity contribution in [1.29, 1.82) is 0 Å². The summed E-state index contributed by atoms with van der Waals surface area (Å²) in [6.45, 7) is 0.583. The van der Waals surface area contributed by atoms with Crippen LogP contribution in [0, 0.1) is 0 Å². The second kappa shape index (κ2) is 6.93. The second-order valence-electron chi connectivity index (χ2n) is 4.43. The Bertz CT molecular complexity index is 508. The SMILES string of the molecule is NC(=NCCSC(F)(F)F)NC1CCOc2ccccc21. The van der Waals surface area contributed by atoms with Gasteiger partial charge < -0.3 is 15.8 Å². The number of thioether (sulfide) groups is 1. The molecule has 116 valence electrons. The Morgan fingerprint density at radius 1 is 1.43 bits per heavy atom. The Balaban J connectivity index is 1.87. The largest absolute Gasteiger partial charge is 0.493 e. The lowest BCUT2D eigenvalue weighted by Gasteiger charge is -2.26. The topological polar surface area (TPSA) is 59.6 Å². The molecule has 1 unspecified atom stereocenters. The van der Waals surface area contributed by atoms with Crippen LogP contribution in [0.5, 0.6) is 5.75 Å². The van der Waals surface area contributed by atoms with E-state index in [1.165, 1.54) is 0 Å². The molecule has 0 aliphatic carbocycles. The summed E-state index contributed by atoms with van der Waals surface area (Å²) >= 11 is -0.100. The number of nitrogens with zero attached hydrogens (tertiary/aromatic N) is 1. The smallest absolute Gasteiger partial charge is 0.441 e. The molecule has 2 rings (SSSR count). The number of benzene rings is 1. The molecule has 0 saturated heterocycles. The van der Waals surface area contributed by atoms with Crippen LogP contribution in [0.1, 0.15) is 18.0 Å². The van der Waals surface area contributed by atoms with Crippen LogP contribution in [0.15, 0.2) is 29.3 Å². The van der Waals surface area contributed by atoms with Crippen LogP contribution in [0.4, 0.5) is 13.2 Å². The van der Waals surface area contributed by atoms with Crippen molar-refractivity contribution in [2.45, 2.75) is 18.0 Å². The van der Waals surface area contributed by atoms with Gasteiger partial charge in [0, 0.05) is 17.7 Å². The number of hydrogen-bond acceptors (Lipinski definition) is 3. The van der Waals surface area contributed by atoms with E-state index in [0.29, 0.717) is 6.61 Å². The summed E-state index contributed by atoms with van der Waals surface area (Å²) in [6, 6.07) is 7.55. The van der Waals surface area contributed by atoms with E-state index in [-0.39, 0.29) is 36.1 Å². The summed E-state index contributed by atoms with van der Waals surface area (Å²) in [5, 5.41) is 3.03. The molecule has 1 aliphatic rings. The Hall–Kier alpha value is -1.57. The maximum absolute atomic E-state index is 12.0. The quantitative estimate of drug-likeness (QED) is 0.509. The van der Waals surface area contributed by atoms with Gasteiger partial charge in [0.05, 0.1) is 19.2 Å². The van der Waals surface area contributed by atoms with Crippen LogP contribution in [0.25, 0.3) is 0 Å². The van der Waals surface area contributed by atoms with Crippen molar-refractivity contribution in [2.75, 3.05) is 18.9 Å². The van der Waals surface area contributed by atoms with Crippen molar-refractivity contribution in [3.05, 3.63) is 29.8 Å². The molecule has 1 atom stereocenters. The lowest BCUT2D eigenvalue weighted by Crippen LogP contribution is -2.37. The number of hydrogen-bond donors (Lipinski definition) is 2. The van der Waals surface area contributed by atoms with Crippen LogP contribution in [-0.2, 0) is 0 Å². The number of para-hydroxylation sites is 1. The lowest BCUT2D eigenvalue weighted by atomic mass is 10.0. The van der Waals surface area contributed by atoms with Crippen LogP contribution >= 0.6 is 11.8 Å². The van der Waals surface area contributed by atoms with Gasteiger partial charge in [0.2, 0.25) is 0 Å². The van der Waals surface area contributed by atoms with Crippen LogP contribution in [0.2, 0.25) is 0 Å². The number of ether oxygens (including phenoxy) is 1. The minimum absolute atomic E-state index is 0.0217. The zero-order valence-corrected chi connectivity index (χ0v) is 12.0. The highest BCUT2D eigenvalue weighted by molar-refractivity contribution is 8.00. The van der Waals surface area contributed by atoms with Crippen molar-refractivity contribution >= 4 is 17.7 Å². The molecule has 1 aromatic rings. The van der Waals surface area contributed by atoms with Crippen LogP contribution in [-0.4, -0.2) is 30.4 Å². The zero-order chi connectivity index (χ0) is 15.3. The number of alkyl halides is 3. The molecule has 1 aliphatic heterocycles. The standard InChI is InChI=1S/C13H16F3N3OS/c14-13(15,16)21-8-6-18-12(17)19-10-5-7-20-11-4-2-1-3-9(10)11/h1-4,10H,5-8H2,(H3,17,18,19). The Morgan fingerprint density at radius 2 is 2.19 bits per heavy atom. The molecule has 0 radical (unpaired) electrons. The summed E-state index contributed by atoms with van der Waals surface area (Å²) in [6.07, 6.45) is 0.727. The van der Waals surface area contributed by atoms with E-state index >= 15 is 0 Å². The van der Waals surface area contributed by atoms with E-state index in [9.17, 15) is 13.2 Å². The average molecular weight is 319 g/mol. The predicted octanol–water partition coefficient (Wildman–Crippen LogP) is 2.67. The van der Waals surface area contributed by atoms with Gasteiger partial charge in [-0.3, -0.25) is 4.99 Å². The molecule has 1 aromatic carbocycles. The second-order valence-corrected chi connectivity index (χ2v) is 5.59. The molecule has 0 saturated carbocycles. The molecule has 1 heterocycles. The van der Waals surface area contributed by atoms with Crippen LogP contribution < -0.4 is 15.8 Å². The van der Waals surface area contributed by atoms with Crippen molar-refractivity contribution in [3.8, 4) is 5.75 Å². The van der Waals surface area contributed by atoms with Crippen molar-refractivity contribution in [2.24, 2.45) is 10.7 Å². The van der Waals surface area contributed by atoms with Gasteiger partial charge in [-0.15, -0.1) is 0 Å². The van der Waals surface area contributed by atoms with Gasteiger partial charge in [0.25, 0.3) is 0 Å². The fraction of sp³-hybridized carbons (Fsp3) is 0.462. The first-order valence-corrected chi connectivity index (χ1v) is 7.43. The highest BCUT2D eigenvalue weighted by atomic mass is 32.2. The molecule has 8 heteroatoms. The minimum atomic E-state index is -4.22. The minimum Gasteiger partial charge on any atom is -0.493 e. The molecule has 21 heavy (non-hydrogen) atoms. The number of fused-ring (bicyclic) bond motifs is 1. The summed E-state index contributed by atoms with van der Waals surface area (Å²) in [4.78, 5) is 3.92. The molecule has 0 amide bonds. The van der Waals surface area contributed by atoms with Gasteiger partial charge in [0.1, 0.15) is 5.75 Å². The monoisotopic (exact) mass is 319 g/mol. The Labute approximate surface area is 124 Å². The lowest BCUT2D eigenvalue weighted by molar-refractivity contribution is -0.0327. The van der Waals surface area contributed by atoms with Gasteiger partial charge in [-0.25, -0.2) is 0 Å². The van der Waals surface area contributed by atoms with Crippen molar-refractivity contribution in [1.82, 2.24) is 5.32 Å². The van der Waals surface area contributed by atoms with E-state index in [4.69, 9.17) is 10.5 Å². The highest BCUT2D eigenvalue weighted by Crippen LogP contribution is 2.31. The van der Waals surface area contributed by atoms with E-state index < -0.39 is 5.51 Å². The third kappa shape index (κ3) is 5.04. The summed E-state index contributed by atoms with van der Waals surface area (Å²) in [5.41, 5.74) is 2.47. The normalized spacial score (nSPS) is 18.8. The van der Waals surface area contributed by atoms with Gasteiger partial charge in [0.15, 0.2) is 5.96 Å². The molecule has 3 N–H and O–H groups in total. The highest BCUT2D eigenvalue weighted by Gasteiger charge is 2.27. The van der Waals surface area contributed by atoms with E-state index in [1.807, 2.05) is 24.3 Å². The molecule has 0 spiro atoms. The summed E-state index contributed by atoms with van der Waals surface area (Å²) in [5.74, 6) is 0.803. The first-order chi connectivity index (χ1) is 9.96. The van der Waals surface area contributed by atoms with Crippen LogP contribution in [0.3, 0.4) is 0 Å².